The Morgan fingerprint density at radius 3 is 1.07 bits per heavy atom. The molecule has 10 heterocycles. The Balaban J connectivity index is 0.000000187. The van der Waals surface area contributed by atoms with E-state index in [1.165, 1.54) is 0 Å². The molecule has 128 heavy (non-hydrogen) atoms. The van der Waals surface area contributed by atoms with Crippen LogP contribution < -0.4 is 57.7 Å². The normalized spacial score (nSPS) is 12.0. The Kier molecular flexibility index (Phi) is 36.1. The fraction of sp³-hybridized carbons (Fsp3) is 0.302. The summed E-state index contributed by atoms with van der Waals surface area (Å²) >= 11 is 9.05. The molecule has 1 fully saturated rings. The van der Waals surface area contributed by atoms with E-state index in [9.17, 15) is 29.1 Å². The Bertz CT molecular complexity index is 6480. The second-order valence-electron chi connectivity index (χ2n) is 32.3. The SMILES string of the molecule is CC(C)I.COc1ccc(-n2cc(-c3cnn(C)c3)c(C)cc2=O)c(C)c1.COc1ccc(-n2cc(Br)c(C)cc2=O)c(C)c1.COc1ccc(B(O)O)c(C)c1.Cc1cc(=O)[nH]cc1Br.Cc1cc(=O)n(-c2ccc(O)cc2C)cc1-c1cnn(C)c1.Cc1cc(=O)n(-c2ccc(OC(C)C)cc2C)cc1-c1cnn(C)c1.Cn1cc(B2OC(C)(C)C(C)(C)O2)cn1. The van der Waals surface area contributed by atoms with Gasteiger partial charge in [-0.3, -0.25) is 61.0 Å². The Morgan fingerprint density at radius 1 is 0.422 bits per heavy atom. The van der Waals surface area contributed by atoms with Crippen LogP contribution in [0.15, 0.2) is 235 Å². The van der Waals surface area contributed by atoms with Gasteiger partial charge in [-0.1, -0.05) is 42.5 Å². The van der Waals surface area contributed by atoms with Crippen LogP contribution in [0, 0.1) is 69.2 Å². The van der Waals surface area contributed by atoms with Crippen LogP contribution in [0.25, 0.3) is 56.1 Å². The van der Waals surface area contributed by atoms with Crippen molar-refractivity contribution in [2.45, 2.75) is 146 Å². The van der Waals surface area contributed by atoms with E-state index in [0.717, 1.165) is 153 Å². The van der Waals surface area contributed by atoms with Crippen molar-refractivity contribution in [1.82, 2.24) is 62.4 Å². The molecular weight excluding hydrogens is 1870 g/mol. The zero-order valence-corrected chi connectivity index (χ0v) is 82.5. The molecule has 9 aromatic heterocycles. The van der Waals surface area contributed by atoms with Crippen molar-refractivity contribution in [1.29, 1.82) is 0 Å². The molecule has 0 saturated carbocycles. The number of hydrogen-bond donors (Lipinski definition) is 4. The molecule has 1 aliphatic rings. The molecule has 0 unspecified atom stereocenters. The van der Waals surface area contributed by atoms with Crippen molar-refractivity contribution < 1.29 is 43.4 Å². The molecular formula is C96H114B2Br2IN13O14. The van der Waals surface area contributed by atoms with Crippen LogP contribution in [0.1, 0.15) is 111 Å². The number of H-pyrrole nitrogens is 1. The van der Waals surface area contributed by atoms with E-state index in [4.69, 9.17) is 38.3 Å². The van der Waals surface area contributed by atoms with Crippen LogP contribution in [0.3, 0.4) is 0 Å². The smallest absolute Gasteiger partial charge is 0.498 e. The standard InChI is InChI=1S/C20H23N3O2.C18H19N3O2.C17H17N3O2.C14H14BrNO2.C10H17BN2O2.C8H11BO3.C6H6BrNO.C3H7I/c1-13(2)25-17-6-7-19(15(4)8-17)23-12-18(14(3)9-20(23)24)16-10-21-22(5)11-16;1-12-8-18(22)21(11-16(12)14-9-19-20(3)10-14)17-6-5-15(23-4)7-13(17)2;1-11-7-17(22)20(16-5-4-14(21)6-12(16)2)10-15(11)13-8-18-19(3)9-13;1-9-7-14(17)16(8-12(9)15)13-5-4-11(18-3)6-10(13)2;1-9(2)10(3,4)15-11(14-9)8-6-12-13(5)7-8;1-6-5-7(12-2)3-4-8(6)9(10)11;1-4-2-6(9)8-3-5(4)7;1-3(2)4/h6-13H,1-5H3;5-11H,1-4H3;4-10,21H,1-3H3;4-8H,1-3H3;6-7H,1-5H3;3-5,10-11H,1-2H3;2-3H,1H3,(H,8,9);3H,1-2H3. The van der Waals surface area contributed by atoms with Crippen LogP contribution in [0.2, 0.25) is 0 Å². The number of benzene rings is 5. The number of hydrogen-bond acceptors (Lipinski definition) is 18. The number of rotatable bonds is 14. The molecule has 1 aliphatic heterocycles. The van der Waals surface area contributed by atoms with Crippen LogP contribution >= 0.6 is 54.5 Å². The van der Waals surface area contributed by atoms with Crippen LogP contribution in [-0.2, 0) is 37.5 Å². The number of nitrogens with zero attached hydrogens (tertiary/aromatic N) is 12. The van der Waals surface area contributed by atoms with E-state index < -0.39 is 7.12 Å². The Morgan fingerprint density at radius 2 is 0.750 bits per heavy atom. The number of pyridine rings is 5. The van der Waals surface area contributed by atoms with E-state index >= 15 is 0 Å². The highest BCUT2D eigenvalue weighted by Gasteiger charge is 2.52. The lowest BCUT2D eigenvalue weighted by Crippen LogP contribution is -2.41. The van der Waals surface area contributed by atoms with E-state index in [2.05, 4.69) is 93.7 Å². The highest BCUT2D eigenvalue weighted by atomic mass is 127. The average molecular weight is 1980 g/mol. The van der Waals surface area contributed by atoms with Gasteiger partial charge in [0.2, 0.25) is 5.56 Å². The van der Waals surface area contributed by atoms with Crippen molar-refractivity contribution >= 4 is 79.6 Å². The summed E-state index contributed by atoms with van der Waals surface area (Å²) in [7, 11) is 10.6. The minimum Gasteiger partial charge on any atom is -0.508 e. The lowest BCUT2D eigenvalue weighted by Gasteiger charge is -2.32. The first-order chi connectivity index (χ1) is 60.2. The summed E-state index contributed by atoms with van der Waals surface area (Å²) in [4.78, 5) is 62.5. The topological polar surface area (TPSA) is 308 Å². The van der Waals surface area contributed by atoms with Gasteiger partial charge in [0, 0.05) is 172 Å². The number of aromatic hydroxyl groups is 1. The molecule has 14 aromatic rings. The number of nitrogens with one attached hydrogen (secondary N) is 1. The second kappa shape index (κ2) is 45.4. The fourth-order valence-electron chi connectivity index (χ4n) is 13.2. The molecule has 4 N–H and O–H groups in total. The third-order valence-corrected chi connectivity index (χ3v) is 22.3. The van der Waals surface area contributed by atoms with Crippen molar-refractivity contribution in [2.24, 2.45) is 28.2 Å². The summed E-state index contributed by atoms with van der Waals surface area (Å²) in [5.74, 6) is 3.28. The van der Waals surface area contributed by atoms with Crippen LogP contribution in [0.5, 0.6) is 28.7 Å². The number of alkyl halides is 1. The summed E-state index contributed by atoms with van der Waals surface area (Å²) < 4.78 is 49.1. The molecule has 1 saturated heterocycles. The second-order valence-corrected chi connectivity index (χ2v) is 36.5. The predicted molar refractivity (Wildman–Crippen MR) is 526 cm³/mol. The molecule has 0 aliphatic carbocycles. The highest BCUT2D eigenvalue weighted by molar-refractivity contribution is 14.1. The zero-order valence-electron chi connectivity index (χ0n) is 77.2. The third kappa shape index (κ3) is 27.4. The number of aromatic amines is 1. The maximum absolute atomic E-state index is 12.6. The molecule has 0 atom stereocenters. The molecule has 32 heteroatoms. The summed E-state index contributed by atoms with van der Waals surface area (Å²) in [5, 5.41) is 44.0. The minimum atomic E-state index is -1.41. The molecule has 0 spiro atoms. The average Bonchev–Trinajstić information content (AvgIpc) is 1.49. The summed E-state index contributed by atoms with van der Waals surface area (Å²) in [6, 6.07) is 35.3. The van der Waals surface area contributed by atoms with E-state index in [1.807, 2.05) is 236 Å². The zero-order chi connectivity index (χ0) is 94.7. The quantitative estimate of drug-likeness (QED) is 0.0446. The maximum Gasteiger partial charge on any atom is 0.498 e. The van der Waals surface area contributed by atoms with Gasteiger partial charge in [0.15, 0.2) is 0 Å². The van der Waals surface area contributed by atoms with Gasteiger partial charge < -0.3 is 48.4 Å². The molecule has 5 aromatic carbocycles. The molecule has 0 radical (unpaired) electrons. The predicted octanol–water partition coefficient (Wildman–Crippen LogP) is 16.0. The number of methoxy groups -OCH3 is 3. The lowest BCUT2D eigenvalue weighted by molar-refractivity contribution is 0.00578. The van der Waals surface area contributed by atoms with Crippen molar-refractivity contribution in [3.8, 4) is 84.9 Å². The number of phenolic OH excluding ortho intramolecular Hbond substituents is 1. The molecule has 0 amide bonds. The number of aryl methyl sites for hydroxylation is 14. The van der Waals surface area contributed by atoms with Gasteiger partial charge in [0.25, 0.3) is 22.2 Å². The minimum absolute atomic E-state index is 0.0380. The highest BCUT2D eigenvalue weighted by Crippen LogP contribution is 2.37. The Hall–Kier alpha value is -11.7. The first-order valence-corrected chi connectivity index (χ1v) is 43.8. The largest absolute Gasteiger partial charge is 0.508 e. The van der Waals surface area contributed by atoms with Crippen molar-refractivity contribution in [3.63, 3.8) is 0 Å². The van der Waals surface area contributed by atoms with Gasteiger partial charge in [-0.15, -0.1) is 0 Å². The number of halogens is 3. The van der Waals surface area contributed by atoms with Crippen molar-refractivity contribution in [3.05, 3.63) is 318 Å². The van der Waals surface area contributed by atoms with E-state index in [-0.39, 0.29) is 58.0 Å². The Labute approximate surface area is 778 Å². The molecule has 674 valence electrons. The monoisotopic (exact) mass is 1980 g/mol. The summed E-state index contributed by atoms with van der Waals surface area (Å²) in [5.41, 5.74) is 19.1. The number of aromatic nitrogens is 13. The van der Waals surface area contributed by atoms with Gasteiger partial charge >= 0.3 is 14.2 Å². The number of ether oxygens (including phenoxy) is 4. The van der Waals surface area contributed by atoms with Crippen molar-refractivity contribution in [2.75, 3.05) is 21.3 Å². The van der Waals surface area contributed by atoms with Gasteiger partial charge in [-0.05, 0) is 289 Å². The molecule has 15 rings (SSSR count). The van der Waals surface area contributed by atoms with Gasteiger partial charge in [0.05, 0.1) is 80.0 Å². The first kappa shape index (κ1) is 102. The lowest BCUT2D eigenvalue weighted by atomic mass is 9.77. The van der Waals surface area contributed by atoms with Gasteiger partial charge in [-0.25, -0.2) is 0 Å². The first-order valence-electron chi connectivity index (χ1n) is 41.0. The number of phenols is 1. The van der Waals surface area contributed by atoms with Gasteiger partial charge in [0.1, 0.15) is 28.7 Å². The van der Waals surface area contributed by atoms with E-state index in [1.54, 1.807) is 163 Å². The van der Waals surface area contributed by atoms with Gasteiger partial charge in [-0.2, -0.15) is 20.4 Å². The third-order valence-electron chi connectivity index (χ3n) is 20.7. The van der Waals surface area contributed by atoms with E-state index in [0.29, 0.717) is 5.46 Å². The maximum atomic E-state index is 12.6. The molecule has 27 nitrogen and oxygen atoms in total. The van der Waals surface area contributed by atoms with Crippen LogP contribution in [0.4, 0.5) is 0 Å². The summed E-state index contributed by atoms with van der Waals surface area (Å²) in [6.07, 6.45) is 24.0. The fourth-order valence-corrected chi connectivity index (χ4v) is 13.7. The van der Waals surface area contributed by atoms with Crippen LogP contribution in [-0.4, -0.2) is 134 Å². The summed E-state index contributed by atoms with van der Waals surface area (Å²) in [6.45, 7) is 35.6. The molecule has 0 bridgehead atoms.